The first-order valence-corrected chi connectivity index (χ1v) is 11.9. The van der Waals surface area contributed by atoms with E-state index in [0.717, 1.165) is 54.8 Å². The van der Waals surface area contributed by atoms with Gasteiger partial charge in [-0.3, -0.25) is 4.79 Å². The fraction of sp³-hybridized carbons (Fsp3) is 0.286. The number of rotatable bonds is 13. The molecule has 0 radical (unpaired) electrons. The second kappa shape index (κ2) is 12.4. The molecular weight excluding hydrogens is 426 g/mol. The van der Waals surface area contributed by atoms with Gasteiger partial charge in [-0.15, -0.1) is 0 Å². The lowest BCUT2D eigenvalue weighted by Crippen LogP contribution is -2.29. The van der Waals surface area contributed by atoms with Crippen molar-refractivity contribution in [3.63, 3.8) is 0 Å². The minimum Gasteiger partial charge on any atom is -0.492 e. The number of nitrogens with one attached hydrogen (secondary N) is 1. The Morgan fingerprint density at radius 2 is 1.47 bits per heavy atom. The van der Waals surface area contributed by atoms with Crippen LogP contribution in [0.15, 0.2) is 84.9 Å². The fourth-order valence-corrected chi connectivity index (χ4v) is 3.87. The summed E-state index contributed by atoms with van der Waals surface area (Å²) in [6.45, 7) is 2.04. The molecule has 0 saturated carbocycles. The van der Waals surface area contributed by atoms with Crippen molar-refractivity contribution in [2.45, 2.75) is 32.2 Å². The molecule has 0 aliphatic heterocycles. The lowest BCUT2D eigenvalue weighted by Gasteiger charge is -2.11. The van der Waals surface area contributed by atoms with Crippen LogP contribution in [-0.2, 0) is 17.8 Å². The number of amides is 1. The highest BCUT2D eigenvalue weighted by molar-refractivity contribution is 5.77. The van der Waals surface area contributed by atoms with Crippen LogP contribution in [0.3, 0.4) is 0 Å². The van der Waals surface area contributed by atoms with Crippen molar-refractivity contribution in [3.05, 3.63) is 90.8 Å². The van der Waals surface area contributed by atoms with Crippen molar-refractivity contribution in [2.24, 2.45) is 0 Å². The molecule has 6 nitrogen and oxygen atoms in total. The molecule has 0 spiro atoms. The third-order valence-corrected chi connectivity index (χ3v) is 5.57. The summed E-state index contributed by atoms with van der Waals surface area (Å²) in [7, 11) is 0. The second-order valence-electron chi connectivity index (χ2n) is 8.09. The number of hydrogen-bond acceptors (Lipinski definition) is 4. The van der Waals surface area contributed by atoms with E-state index >= 15 is 0 Å². The third-order valence-electron chi connectivity index (χ3n) is 5.57. The largest absolute Gasteiger partial charge is 0.492 e. The first kappa shape index (κ1) is 23.4. The molecule has 0 fully saturated rings. The summed E-state index contributed by atoms with van der Waals surface area (Å²) in [5, 5.41) is 2.93. The lowest BCUT2D eigenvalue weighted by molar-refractivity contribution is -0.123. The minimum absolute atomic E-state index is 0.0408. The van der Waals surface area contributed by atoms with Crippen LogP contribution in [0.2, 0.25) is 0 Å². The summed E-state index contributed by atoms with van der Waals surface area (Å²) >= 11 is 0. The number of fused-ring (bicyclic) bond motifs is 1. The third kappa shape index (κ3) is 6.85. The van der Waals surface area contributed by atoms with Gasteiger partial charge >= 0.3 is 0 Å². The average Bonchev–Trinajstić information content (AvgIpc) is 3.23. The van der Waals surface area contributed by atoms with Crippen LogP contribution in [0.5, 0.6) is 11.5 Å². The predicted molar refractivity (Wildman–Crippen MR) is 134 cm³/mol. The van der Waals surface area contributed by atoms with Crippen LogP contribution in [0, 0.1) is 0 Å². The number of para-hydroxylation sites is 4. The summed E-state index contributed by atoms with van der Waals surface area (Å²) < 4.78 is 13.7. The number of imidazole rings is 1. The van der Waals surface area contributed by atoms with E-state index in [0.29, 0.717) is 18.9 Å². The number of hydrogen-bond donors (Lipinski definition) is 1. The molecule has 1 heterocycles. The van der Waals surface area contributed by atoms with Gasteiger partial charge in [0.25, 0.3) is 5.91 Å². The van der Waals surface area contributed by atoms with Crippen LogP contribution >= 0.6 is 0 Å². The molecule has 34 heavy (non-hydrogen) atoms. The highest BCUT2D eigenvalue weighted by atomic mass is 16.5. The molecule has 4 rings (SSSR count). The maximum atomic E-state index is 12.0. The number of aromatic nitrogens is 2. The highest BCUT2D eigenvalue weighted by Crippen LogP contribution is 2.18. The van der Waals surface area contributed by atoms with E-state index < -0.39 is 0 Å². The van der Waals surface area contributed by atoms with Gasteiger partial charge < -0.3 is 19.4 Å². The normalized spacial score (nSPS) is 10.8. The zero-order valence-electron chi connectivity index (χ0n) is 19.4. The van der Waals surface area contributed by atoms with Crippen LogP contribution in [-0.4, -0.2) is 35.2 Å². The molecule has 0 aliphatic carbocycles. The number of carbonyl (C=O) groups is 1. The predicted octanol–water partition coefficient (Wildman–Crippen LogP) is 5.02. The van der Waals surface area contributed by atoms with Crippen LogP contribution < -0.4 is 14.8 Å². The van der Waals surface area contributed by atoms with Gasteiger partial charge in [-0.1, -0.05) is 55.0 Å². The summed E-state index contributed by atoms with van der Waals surface area (Å²) in [6.07, 6.45) is 3.85. The molecular formula is C28H31N3O3. The molecule has 1 N–H and O–H groups in total. The van der Waals surface area contributed by atoms with Gasteiger partial charge in [0.15, 0.2) is 6.61 Å². The quantitative estimate of drug-likeness (QED) is 0.286. The number of benzene rings is 3. The molecule has 4 aromatic rings. The Morgan fingerprint density at radius 1 is 0.794 bits per heavy atom. The van der Waals surface area contributed by atoms with Gasteiger partial charge in [-0.25, -0.2) is 4.98 Å². The number of unbranched alkanes of at least 4 members (excludes halogenated alkanes) is 2. The summed E-state index contributed by atoms with van der Waals surface area (Å²) in [5.41, 5.74) is 2.16. The maximum absolute atomic E-state index is 12.0. The number of carbonyl (C=O) groups excluding carboxylic acids is 1. The summed E-state index contributed by atoms with van der Waals surface area (Å²) in [6, 6.07) is 27.5. The van der Waals surface area contributed by atoms with Crippen molar-refractivity contribution >= 4 is 16.9 Å². The molecule has 3 aromatic carbocycles. The van der Waals surface area contributed by atoms with Crippen LogP contribution in [0.1, 0.15) is 25.1 Å². The summed E-state index contributed by atoms with van der Waals surface area (Å²) in [4.78, 5) is 16.8. The van der Waals surface area contributed by atoms with E-state index in [1.165, 1.54) is 0 Å². The van der Waals surface area contributed by atoms with Crippen LogP contribution in [0.25, 0.3) is 11.0 Å². The molecule has 0 atom stereocenters. The van der Waals surface area contributed by atoms with Crippen LogP contribution in [0.4, 0.5) is 0 Å². The molecule has 0 saturated heterocycles. The van der Waals surface area contributed by atoms with Gasteiger partial charge in [0.2, 0.25) is 0 Å². The maximum Gasteiger partial charge on any atom is 0.257 e. The molecule has 0 bridgehead atoms. The highest BCUT2D eigenvalue weighted by Gasteiger charge is 2.10. The molecule has 0 unspecified atom stereocenters. The van der Waals surface area contributed by atoms with Crippen molar-refractivity contribution in [2.75, 3.05) is 19.8 Å². The Kier molecular flexibility index (Phi) is 8.55. The topological polar surface area (TPSA) is 65.4 Å². The number of ether oxygens (including phenoxy) is 2. The van der Waals surface area contributed by atoms with Gasteiger partial charge in [0.1, 0.15) is 23.9 Å². The second-order valence-corrected chi connectivity index (χ2v) is 8.09. The summed E-state index contributed by atoms with van der Waals surface area (Å²) in [5.74, 6) is 2.57. The van der Waals surface area contributed by atoms with E-state index in [4.69, 9.17) is 14.5 Å². The van der Waals surface area contributed by atoms with Gasteiger partial charge in [0.05, 0.1) is 17.6 Å². The van der Waals surface area contributed by atoms with E-state index in [2.05, 4.69) is 22.0 Å². The Balaban J connectivity index is 1.20. The van der Waals surface area contributed by atoms with Gasteiger partial charge in [-0.2, -0.15) is 0 Å². The fourth-order valence-electron chi connectivity index (χ4n) is 3.87. The van der Waals surface area contributed by atoms with Crippen molar-refractivity contribution in [3.8, 4) is 11.5 Å². The number of aryl methyl sites for hydroxylation is 1. The van der Waals surface area contributed by atoms with Crippen molar-refractivity contribution < 1.29 is 14.3 Å². The zero-order chi connectivity index (χ0) is 23.4. The zero-order valence-corrected chi connectivity index (χ0v) is 19.4. The lowest BCUT2D eigenvalue weighted by atomic mass is 10.2. The van der Waals surface area contributed by atoms with Gasteiger partial charge in [0, 0.05) is 13.0 Å². The van der Waals surface area contributed by atoms with E-state index in [9.17, 15) is 4.79 Å². The Hall–Kier alpha value is -3.80. The smallest absolute Gasteiger partial charge is 0.257 e. The monoisotopic (exact) mass is 457 g/mol. The minimum atomic E-state index is -0.0935. The first-order valence-electron chi connectivity index (χ1n) is 11.9. The first-order chi connectivity index (χ1) is 16.8. The molecule has 1 aromatic heterocycles. The Labute approximate surface area is 200 Å². The SMILES string of the molecule is O=C(COc1ccccc1)NCCCCCc1nc2ccccc2n1CCOc1ccccc1. The molecule has 1 amide bonds. The molecule has 6 heteroatoms. The Bertz CT molecular complexity index is 1160. The van der Waals surface area contributed by atoms with Gasteiger partial charge in [-0.05, 0) is 49.2 Å². The van der Waals surface area contributed by atoms with Crippen molar-refractivity contribution in [1.82, 2.24) is 14.9 Å². The van der Waals surface area contributed by atoms with E-state index in [1.807, 2.05) is 72.8 Å². The molecule has 0 aliphatic rings. The standard InChI is InChI=1S/C28H31N3O3/c32-28(22-34-24-14-6-2-7-15-24)29-19-11-3-8-18-27-30-25-16-9-10-17-26(25)31(27)20-21-33-23-12-4-1-5-13-23/h1-2,4-7,9-10,12-17H,3,8,11,18-22H2,(H,29,32). The van der Waals surface area contributed by atoms with E-state index in [1.54, 1.807) is 0 Å². The Morgan fingerprint density at radius 3 is 2.24 bits per heavy atom. The van der Waals surface area contributed by atoms with E-state index in [-0.39, 0.29) is 12.5 Å². The number of nitrogens with zero attached hydrogens (tertiary/aromatic N) is 2. The van der Waals surface area contributed by atoms with Crippen molar-refractivity contribution in [1.29, 1.82) is 0 Å². The average molecular weight is 458 g/mol. The molecule has 176 valence electrons.